The van der Waals surface area contributed by atoms with Gasteiger partial charge < -0.3 is 14.5 Å². The fourth-order valence-corrected chi connectivity index (χ4v) is 4.43. The molecular weight excluding hydrogens is 416 g/mol. The molecule has 0 saturated heterocycles. The topological polar surface area (TPSA) is 42.9 Å². The van der Waals surface area contributed by atoms with E-state index in [0.29, 0.717) is 0 Å². The molecule has 0 aromatic heterocycles. The van der Waals surface area contributed by atoms with Gasteiger partial charge in [0.1, 0.15) is 0 Å². The lowest BCUT2D eigenvalue weighted by molar-refractivity contribution is 0.102. The summed E-state index contributed by atoms with van der Waals surface area (Å²) in [6.07, 6.45) is 24.3. The second-order valence-corrected chi connectivity index (χ2v) is 9.91. The molecule has 0 aromatic rings. The van der Waals surface area contributed by atoms with Crippen LogP contribution in [0.3, 0.4) is 0 Å². The molecule has 0 spiro atoms. The molecule has 1 N–H and O–H groups in total. The molecule has 0 unspecified atom stereocenters. The van der Waals surface area contributed by atoms with Crippen LogP contribution in [0.2, 0.25) is 0 Å². The van der Waals surface area contributed by atoms with Gasteiger partial charge in [0.2, 0.25) is 0 Å². The van der Waals surface area contributed by atoms with Crippen molar-refractivity contribution in [1.29, 1.82) is 0 Å². The molecule has 0 aliphatic rings. The number of aliphatic imine (C=N–C) groups is 1. The van der Waals surface area contributed by atoms with E-state index in [1.54, 1.807) is 0 Å². The molecule has 0 heterocycles. The van der Waals surface area contributed by atoms with E-state index in [4.69, 9.17) is 9.47 Å². The number of rotatable bonds is 29. The van der Waals surface area contributed by atoms with E-state index in [1.165, 1.54) is 95.6 Å². The first-order chi connectivity index (χ1) is 15.9. The second-order valence-electron chi connectivity index (χ2n) is 8.93. The minimum atomic E-state index is 0.794. The lowest BCUT2D eigenvalue weighted by Crippen LogP contribution is -2.10. The fraction of sp³-hybridized carbons (Fsp3) is 0.963. The number of nitrogens with one attached hydrogen (secondary N) is 1. The van der Waals surface area contributed by atoms with Gasteiger partial charge in [-0.2, -0.15) is 0 Å². The highest BCUT2D eigenvalue weighted by atomic mass is 32.2. The van der Waals surface area contributed by atoms with Gasteiger partial charge in [0.05, 0.1) is 0 Å². The van der Waals surface area contributed by atoms with Crippen LogP contribution >= 0.6 is 11.9 Å². The van der Waals surface area contributed by atoms with Crippen molar-refractivity contribution in [1.82, 2.24) is 4.72 Å². The van der Waals surface area contributed by atoms with Crippen LogP contribution in [0, 0.1) is 0 Å². The maximum Gasteiger partial charge on any atom is 0.0483 e. The summed E-state index contributed by atoms with van der Waals surface area (Å²) < 4.78 is 14.7. The average molecular weight is 473 g/mol. The highest BCUT2D eigenvalue weighted by Gasteiger charge is 1.96. The Kier molecular flexibility index (Phi) is 30.8. The van der Waals surface area contributed by atoms with Gasteiger partial charge >= 0.3 is 0 Å². The van der Waals surface area contributed by atoms with Crippen molar-refractivity contribution in [2.45, 2.75) is 122 Å². The zero-order valence-electron chi connectivity index (χ0n) is 21.6. The summed E-state index contributed by atoms with van der Waals surface area (Å²) >= 11 is 1.89. The first kappa shape index (κ1) is 31.9. The van der Waals surface area contributed by atoms with Crippen molar-refractivity contribution < 1.29 is 9.47 Å². The zero-order valence-corrected chi connectivity index (χ0v) is 22.4. The quantitative estimate of drug-likeness (QED) is 0.0680. The average Bonchev–Trinajstić information content (AvgIpc) is 2.81. The number of ether oxygens (including phenoxy) is 2. The molecule has 0 amide bonds. The molecule has 0 aliphatic heterocycles. The van der Waals surface area contributed by atoms with E-state index in [1.807, 2.05) is 11.9 Å². The van der Waals surface area contributed by atoms with E-state index in [0.717, 1.165) is 65.2 Å². The monoisotopic (exact) mass is 472 g/mol. The minimum Gasteiger partial charge on any atom is -0.381 e. The lowest BCUT2D eigenvalue weighted by Gasteiger charge is -2.06. The van der Waals surface area contributed by atoms with Gasteiger partial charge in [0.25, 0.3) is 0 Å². The standard InChI is InChI=1S/C27H56N2O2S/c1-3-4-5-6-7-8-9-10-11-12-13-14-15-18-27-32-29-22-20-26-31-24-17-16-23-30-25-19-21-28-2/h29H,2-27H2,1H3. The summed E-state index contributed by atoms with van der Waals surface area (Å²) in [6, 6.07) is 0. The Morgan fingerprint density at radius 1 is 0.594 bits per heavy atom. The Morgan fingerprint density at radius 2 is 1.06 bits per heavy atom. The van der Waals surface area contributed by atoms with Crippen molar-refractivity contribution in [2.24, 2.45) is 4.99 Å². The van der Waals surface area contributed by atoms with Gasteiger partial charge in [0.15, 0.2) is 0 Å². The van der Waals surface area contributed by atoms with Gasteiger partial charge in [0, 0.05) is 45.3 Å². The summed E-state index contributed by atoms with van der Waals surface area (Å²) in [6.45, 7) is 10.9. The third-order valence-electron chi connectivity index (χ3n) is 5.70. The van der Waals surface area contributed by atoms with Crippen molar-refractivity contribution >= 4 is 18.7 Å². The van der Waals surface area contributed by atoms with Crippen LogP contribution in [0.25, 0.3) is 0 Å². The van der Waals surface area contributed by atoms with Crippen LogP contribution in [-0.4, -0.2) is 52.0 Å². The Labute approximate surface area is 205 Å². The number of nitrogens with zero attached hydrogens (tertiary/aromatic N) is 1. The predicted octanol–water partition coefficient (Wildman–Crippen LogP) is 8.00. The van der Waals surface area contributed by atoms with Gasteiger partial charge in [-0.05, 0) is 38.8 Å². The molecule has 4 nitrogen and oxygen atoms in total. The Morgan fingerprint density at radius 3 is 1.59 bits per heavy atom. The molecule has 192 valence electrons. The molecular formula is C27H56N2O2S. The summed E-state index contributed by atoms with van der Waals surface area (Å²) in [4.78, 5) is 3.81. The first-order valence-electron chi connectivity index (χ1n) is 13.8. The highest BCUT2D eigenvalue weighted by molar-refractivity contribution is 7.97. The molecule has 0 aromatic carbocycles. The summed E-state index contributed by atoms with van der Waals surface area (Å²) in [7, 11) is 0. The van der Waals surface area contributed by atoms with Gasteiger partial charge in [-0.25, -0.2) is 0 Å². The fourth-order valence-electron chi connectivity index (χ4n) is 3.65. The van der Waals surface area contributed by atoms with Crippen molar-refractivity contribution in [3.8, 4) is 0 Å². The Bertz CT molecular complexity index is 346. The van der Waals surface area contributed by atoms with Crippen LogP contribution in [0.5, 0.6) is 0 Å². The van der Waals surface area contributed by atoms with Crippen molar-refractivity contribution in [3.05, 3.63) is 0 Å². The molecule has 0 rings (SSSR count). The molecule has 0 radical (unpaired) electrons. The molecule has 0 saturated carbocycles. The van der Waals surface area contributed by atoms with Crippen molar-refractivity contribution in [2.75, 3.05) is 45.3 Å². The molecule has 0 bridgehead atoms. The van der Waals surface area contributed by atoms with Gasteiger partial charge in [-0.15, -0.1) is 0 Å². The van der Waals surface area contributed by atoms with Gasteiger partial charge in [-0.1, -0.05) is 102 Å². The van der Waals surface area contributed by atoms with E-state index in [2.05, 4.69) is 23.4 Å². The maximum atomic E-state index is 5.68. The third kappa shape index (κ3) is 29.9. The van der Waals surface area contributed by atoms with E-state index in [-0.39, 0.29) is 0 Å². The predicted molar refractivity (Wildman–Crippen MR) is 145 cm³/mol. The molecule has 0 aliphatic carbocycles. The molecule has 0 fully saturated rings. The molecule has 32 heavy (non-hydrogen) atoms. The summed E-state index contributed by atoms with van der Waals surface area (Å²) in [5.41, 5.74) is 0. The van der Waals surface area contributed by atoms with Crippen LogP contribution in [0.1, 0.15) is 122 Å². The molecule has 5 heteroatoms. The van der Waals surface area contributed by atoms with E-state index >= 15 is 0 Å². The Hall–Kier alpha value is -0.100. The summed E-state index contributed by atoms with van der Waals surface area (Å²) in [5.74, 6) is 1.24. The third-order valence-corrected chi connectivity index (χ3v) is 6.60. The van der Waals surface area contributed by atoms with Crippen LogP contribution in [0.15, 0.2) is 4.99 Å². The largest absolute Gasteiger partial charge is 0.381 e. The summed E-state index contributed by atoms with van der Waals surface area (Å²) in [5, 5.41) is 0. The SMILES string of the molecule is C=NCCCOCCCCOCCCNSCCCCCCCCCCCCCCCC. The minimum absolute atomic E-state index is 0.794. The number of hydrogen-bond acceptors (Lipinski definition) is 5. The smallest absolute Gasteiger partial charge is 0.0483 e. The van der Waals surface area contributed by atoms with Crippen molar-refractivity contribution in [3.63, 3.8) is 0 Å². The van der Waals surface area contributed by atoms with Crippen LogP contribution in [-0.2, 0) is 9.47 Å². The van der Waals surface area contributed by atoms with Gasteiger partial charge in [-0.3, -0.25) is 4.72 Å². The number of unbranched alkanes of at least 4 members (excludes halogenated alkanes) is 14. The van der Waals surface area contributed by atoms with E-state index in [9.17, 15) is 0 Å². The second kappa shape index (κ2) is 30.9. The van der Waals surface area contributed by atoms with Crippen LogP contribution in [0.4, 0.5) is 0 Å². The first-order valence-corrected chi connectivity index (χ1v) is 14.8. The normalized spacial score (nSPS) is 11.3. The molecule has 0 atom stereocenters. The van der Waals surface area contributed by atoms with Crippen LogP contribution < -0.4 is 4.72 Å². The number of hydrogen-bond donors (Lipinski definition) is 1. The maximum absolute atomic E-state index is 5.68. The Balaban J connectivity index is 2.99. The highest BCUT2D eigenvalue weighted by Crippen LogP contribution is 2.13. The van der Waals surface area contributed by atoms with E-state index < -0.39 is 0 Å². The lowest BCUT2D eigenvalue weighted by atomic mass is 10.0. The zero-order chi connectivity index (χ0) is 23.2.